The van der Waals surface area contributed by atoms with E-state index in [1.54, 1.807) is 54.5 Å². The maximum absolute atomic E-state index is 12.6. The van der Waals surface area contributed by atoms with Gasteiger partial charge in [0, 0.05) is 17.1 Å². The van der Waals surface area contributed by atoms with Gasteiger partial charge in [-0.15, -0.1) is 0 Å². The van der Waals surface area contributed by atoms with Crippen molar-refractivity contribution in [2.75, 3.05) is 13.2 Å². The summed E-state index contributed by atoms with van der Waals surface area (Å²) in [6.45, 7) is 2.61. The van der Waals surface area contributed by atoms with Crippen LogP contribution in [0.15, 0.2) is 47.1 Å². The van der Waals surface area contributed by atoms with Crippen LogP contribution in [0.2, 0.25) is 5.02 Å². The number of ether oxygens (including phenoxy) is 1. The van der Waals surface area contributed by atoms with Crippen LogP contribution in [0.5, 0.6) is 0 Å². The molecular formula is C17H18ClNO4. The Morgan fingerprint density at radius 3 is 2.57 bits per heavy atom. The Hall–Kier alpha value is -2.27. The first-order valence-corrected chi connectivity index (χ1v) is 7.70. The molecule has 1 aromatic heterocycles. The molecule has 1 aromatic carbocycles. The van der Waals surface area contributed by atoms with Crippen molar-refractivity contribution in [1.82, 2.24) is 4.90 Å². The highest BCUT2D eigenvalue weighted by Crippen LogP contribution is 2.14. The molecule has 2 aromatic rings. The number of carbonyl (C=O) groups is 2. The summed E-state index contributed by atoms with van der Waals surface area (Å²) in [5, 5.41) is 0.561. The Morgan fingerprint density at radius 1 is 1.22 bits per heavy atom. The Kier molecular flexibility index (Phi) is 6.23. The largest absolute Gasteiger partial charge is 0.467 e. The van der Waals surface area contributed by atoms with Gasteiger partial charge in [-0.05, 0) is 43.3 Å². The third-order valence-electron chi connectivity index (χ3n) is 3.20. The van der Waals surface area contributed by atoms with Gasteiger partial charge in [-0.25, -0.2) is 0 Å². The molecule has 23 heavy (non-hydrogen) atoms. The van der Waals surface area contributed by atoms with Crippen LogP contribution < -0.4 is 0 Å². The third-order valence-corrected chi connectivity index (χ3v) is 3.45. The van der Waals surface area contributed by atoms with Crippen LogP contribution in [0.1, 0.15) is 29.5 Å². The second-order valence-electron chi connectivity index (χ2n) is 4.87. The molecule has 1 heterocycles. The van der Waals surface area contributed by atoms with Crippen molar-refractivity contribution >= 4 is 23.5 Å². The quantitative estimate of drug-likeness (QED) is 0.726. The summed E-state index contributed by atoms with van der Waals surface area (Å²) in [6, 6.07) is 10.2. The molecule has 0 spiro atoms. The van der Waals surface area contributed by atoms with E-state index in [0.717, 1.165) is 0 Å². The van der Waals surface area contributed by atoms with Crippen molar-refractivity contribution in [2.24, 2.45) is 0 Å². The molecule has 0 radical (unpaired) electrons. The first-order valence-electron chi connectivity index (χ1n) is 7.33. The van der Waals surface area contributed by atoms with Gasteiger partial charge in [0.1, 0.15) is 5.76 Å². The Bertz CT molecular complexity index is 637. The summed E-state index contributed by atoms with van der Waals surface area (Å²) < 4.78 is 10.2. The minimum atomic E-state index is -0.333. The summed E-state index contributed by atoms with van der Waals surface area (Å²) in [5.41, 5.74) is 0.504. The molecule has 5 nitrogen and oxygen atoms in total. The SMILES string of the molecule is CCOC(=O)CCN(Cc1ccco1)C(=O)c1ccc(Cl)cc1. The van der Waals surface area contributed by atoms with Crippen molar-refractivity contribution in [3.05, 3.63) is 59.0 Å². The van der Waals surface area contributed by atoms with Gasteiger partial charge in [-0.2, -0.15) is 0 Å². The molecule has 0 aliphatic carbocycles. The molecule has 0 unspecified atom stereocenters. The molecule has 122 valence electrons. The maximum Gasteiger partial charge on any atom is 0.307 e. The molecule has 0 atom stereocenters. The van der Waals surface area contributed by atoms with Crippen molar-refractivity contribution in [3.8, 4) is 0 Å². The summed E-state index contributed by atoms with van der Waals surface area (Å²) >= 11 is 5.85. The van der Waals surface area contributed by atoms with Crippen LogP contribution in [0.25, 0.3) is 0 Å². The van der Waals surface area contributed by atoms with Gasteiger partial charge < -0.3 is 14.1 Å². The topological polar surface area (TPSA) is 59.8 Å². The Morgan fingerprint density at radius 2 is 1.96 bits per heavy atom. The molecule has 0 saturated carbocycles. The van der Waals surface area contributed by atoms with E-state index < -0.39 is 0 Å². The van der Waals surface area contributed by atoms with Crippen LogP contribution in [0, 0.1) is 0 Å². The summed E-state index contributed by atoms with van der Waals surface area (Å²) in [6.07, 6.45) is 1.68. The molecular weight excluding hydrogens is 318 g/mol. The number of benzene rings is 1. The summed E-state index contributed by atoms with van der Waals surface area (Å²) in [7, 11) is 0. The molecule has 0 fully saturated rings. The first-order chi connectivity index (χ1) is 11.1. The highest BCUT2D eigenvalue weighted by Gasteiger charge is 2.18. The van der Waals surface area contributed by atoms with Crippen LogP contribution in [-0.4, -0.2) is 29.9 Å². The smallest absolute Gasteiger partial charge is 0.307 e. The van der Waals surface area contributed by atoms with Gasteiger partial charge in [-0.3, -0.25) is 9.59 Å². The second-order valence-corrected chi connectivity index (χ2v) is 5.30. The van der Waals surface area contributed by atoms with Crippen LogP contribution in [0.3, 0.4) is 0 Å². The summed E-state index contributed by atoms with van der Waals surface area (Å²) in [5.74, 6) is 0.124. The van der Waals surface area contributed by atoms with Gasteiger partial charge >= 0.3 is 5.97 Å². The van der Waals surface area contributed by atoms with Crippen LogP contribution in [0.4, 0.5) is 0 Å². The lowest BCUT2D eigenvalue weighted by atomic mass is 10.2. The van der Waals surface area contributed by atoms with Crippen LogP contribution in [-0.2, 0) is 16.1 Å². The maximum atomic E-state index is 12.6. The zero-order valence-corrected chi connectivity index (χ0v) is 13.6. The summed E-state index contributed by atoms with van der Waals surface area (Å²) in [4.78, 5) is 25.7. The van der Waals surface area contributed by atoms with Gasteiger partial charge in [0.25, 0.3) is 5.91 Å². The minimum Gasteiger partial charge on any atom is -0.467 e. The molecule has 6 heteroatoms. The predicted octanol–water partition coefficient (Wildman–Crippen LogP) is 3.53. The number of carbonyl (C=O) groups excluding carboxylic acids is 2. The minimum absolute atomic E-state index is 0.133. The fourth-order valence-electron chi connectivity index (χ4n) is 2.08. The predicted molar refractivity (Wildman–Crippen MR) is 86.2 cm³/mol. The first kappa shape index (κ1) is 17.1. The van der Waals surface area contributed by atoms with E-state index in [0.29, 0.717) is 23.0 Å². The van der Waals surface area contributed by atoms with E-state index in [-0.39, 0.29) is 31.4 Å². The van der Waals surface area contributed by atoms with E-state index in [9.17, 15) is 9.59 Å². The number of esters is 1. The normalized spacial score (nSPS) is 10.3. The molecule has 2 rings (SSSR count). The van der Waals surface area contributed by atoms with Gasteiger partial charge in [0.05, 0.1) is 25.8 Å². The number of amides is 1. The van der Waals surface area contributed by atoms with Crippen molar-refractivity contribution in [2.45, 2.75) is 19.9 Å². The molecule has 0 N–H and O–H groups in total. The zero-order chi connectivity index (χ0) is 16.7. The van der Waals surface area contributed by atoms with E-state index in [4.69, 9.17) is 20.8 Å². The molecule has 0 saturated heterocycles. The third kappa shape index (κ3) is 5.14. The van der Waals surface area contributed by atoms with Gasteiger partial charge in [0.15, 0.2) is 0 Å². The number of rotatable bonds is 7. The van der Waals surface area contributed by atoms with E-state index in [2.05, 4.69) is 0 Å². The average molecular weight is 336 g/mol. The highest BCUT2D eigenvalue weighted by atomic mass is 35.5. The van der Waals surface area contributed by atoms with E-state index in [1.165, 1.54) is 0 Å². The average Bonchev–Trinajstić information content (AvgIpc) is 3.05. The second kappa shape index (κ2) is 8.39. The van der Waals surface area contributed by atoms with E-state index in [1.807, 2.05) is 0 Å². The Balaban J connectivity index is 2.09. The van der Waals surface area contributed by atoms with Crippen molar-refractivity contribution < 1.29 is 18.7 Å². The van der Waals surface area contributed by atoms with Gasteiger partial charge in [-0.1, -0.05) is 11.6 Å². The number of hydrogen-bond acceptors (Lipinski definition) is 4. The molecule has 0 bridgehead atoms. The fourth-order valence-corrected chi connectivity index (χ4v) is 2.20. The lowest BCUT2D eigenvalue weighted by Crippen LogP contribution is -2.32. The molecule has 0 aliphatic heterocycles. The number of nitrogens with zero attached hydrogens (tertiary/aromatic N) is 1. The lowest BCUT2D eigenvalue weighted by Gasteiger charge is -2.21. The standard InChI is InChI=1S/C17H18ClNO4/c1-2-22-16(20)9-10-19(12-15-4-3-11-23-15)17(21)13-5-7-14(18)8-6-13/h3-8,11H,2,9-10,12H2,1H3. The number of furan rings is 1. The highest BCUT2D eigenvalue weighted by molar-refractivity contribution is 6.30. The lowest BCUT2D eigenvalue weighted by molar-refractivity contribution is -0.143. The zero-order valence-electron chi connectivity index (χ0n) is 12.8. The monoisotopic (exact) mass is 335 g/mol. The van der Waals surface area contributed by atoms with Gasteiger partial charge in [0.2, 0.25) is 0 Å². The number of halogens is 1. The molecule has 0 aliphatic rings. The van der Waals surface area contributed by atoms with Crippen molar-refractivity contribution in [1.29, 1.82) is 0 Å². The number of hydrogen-bond donors (Lipinski definition) is 0. The van der Waals surface area contributed by atoms with E-state index >= 15 is 0 Å². The Labute approximate surface area is 139 Å². The van der Waals surface area contributed by atoms with Crippen molar-refractivity contribution in [3.63, 3.8) is 0 Å². The molecule has 1 amide bonds. The van der Waals surface area contributed by atoms with Crippen LogP contribution >= 0.6 is 11.6 Å². The fraction of sp³-hybridized carbons (Fsp3) is 0.294.